The molecule has 0 aliphatic heterocycles. The molecule has 1 amide bonds. The zero-order chi connectivity index (χ0) is 16.0. The first kappa shape index (κ1) is 21.6. The maximum Gasteiger partial charge on any atom is 0.241 e. The van der Waals surface area contributed by atoms with Crippen LogP contribution in [0, 0.1) is 0 Å². The van der Waals surface area contributed by atoms with E-state index in [2.05, 4.69) is 25.9 Å². The molecule has 1 aromatic heterocycles. The molecular formula is C15H26IN5O2. The van der Waals surface area contributed by atoms with Crippen LogP contribution in [-0.4, -0.2) is 56.7 Å². The van der Waals surface area contributed by atoms with Gasteiger partial charge in [0.1, 0.15) is 6.54 Å². The van der Waals surface area contributed by atoms with Gasteiger partial charge in [-0.2, -0.15) is 0 Å². The highest BCUT2D eigenvalue weighted by Crippen LogP contribution is 1.92. The second-order valence-electron chi connectivity index (χ2n) is 4.54. The van der Waals surface area contributed by atoms with Gasteiger partial charge >= 0.3 is 0 Å². The number of rotatable bonds is 9. The second kappa shape index (κ2) is 14.2. The first-order chi connectivity index (χ1) is 10.8. The van der Waals surface area contributed by atoms with E-state index in [1.54, 1.807) is 13.3 Å². The van der Waals surface area contributed by atoms with E-state index in [1.807, 2.05) is 25.1 Å². The molecule has 130 valence electrons. The number of halogens is 1. The topological polar surface area (TPSA) is 87.6 Å². The lowest BCUT2D eigenvalue weighted by atomic mass is 10.3. The van der Waals surface area contributed by atoms with Gasteiger partial charge in [-0.1, -0.05) is 6.07 Å². The third-order valence-electron chi connectivity index (χ3n) is 2.75. The van der Waals surface area contributed by atoms with Crippen molar-refractivity contribution in [2.75, 3.05) is 39.9 Å². The predicted molar refractivity (Wildman–Crippen MR) is 102 cm³/mol. The summed E-state index contributed by atoms with van der Waals surface area (Å²) in [6.45, 7) is 4.50. The van der Waals surface area contributed by atoms with Crippen molar-refractivity contribution < 1.29 is 9.53 Å². The Labute approximate surface area is 154 Å². The van der Waals surface area contributed by atoms with Crippen LogP contribution in [0.25, 0.3) is 0 Å². The van der Waals surface area contributed by atoms with Gasteiger partial charge in [0.2, 0.25) is 5.91 Å². The molecule has 0 bridgehead atoms. The number of aromatic nitrogens is 1. The Bertz CT molecular complexity index is 456. The molecule has 7 nitrogen and oxygen atoms in total. The molecule has 0 aliphatic rings. The van der Waals surface area contributed by atoms with Crippen molar-refractivity contribution in [1.29, 1.82) is 0 Å². The largest absolute Gasteiger partial charge is 0.383 e. The van der Waals surface area contributed by atoms with Crippen LogP contribution in [0.15, 0.2) is 29.4 Å². The maximum atomic E-state index is 11.6. The number of hydrogen-bond acceptors (Lipinski definition) is 4. The molecule has 0 radical (unpaired) electrons. The summed E-state index contributed by atoms with van der Waals surface area (Å²) in [5, 5.41) is 9.02. The van der Waals surface area contributed by atoms with Crippen LogP contribution >= 0.6 is 24.0 Å². The van der Waals surface area contributed by atoms with Crippen molar-refractivity contribution in [3.05, 3.63) is 30.1 Å². The molecule has 23 heavy (non-hydrogen) atoms. The molecule has 0 unspecified atom stereocenters. The molecule has 0 saturated heterocycles. The molecule has 0 spiro atoms. The molecule has 1 rings (SSSR count). The lowest BCUT2D eigenvalue weighted by molar-refractivity contribution is -0.119. The number of nitrogens with one attached hydrogen (secondary N) is 3. The predicted octanol–water partition coefficient (Wildman–Crippen LogP) is 0.560. The maximum absolute atomic E-state index is 11.6. The summed E-state index contributed by atoms with van der Waals surface area (Å²) in [5.74, 6) is 0.499. The van der Waals surface area contributed by atoms with Gasteiger partial charge in [-0.3, -0.25) is 9.78 Å². The van der Waals surface area contributed by atoms with Crippen molar-refractivity contribution in [1.82, 2.24) is 20.9 Å². The molecule has 1 aromatic rings. The fraction of sp³-hybridized carbons (Fsp3) is 0.533. The highest BCUT2D eigenvalue weighted by atomic mass is 127. The van der Waals surface area contributed by atoms with Crippen LogP contribution in [0.4, 0.5) is 0 Å². The van der Waals surface area contributed by atoms with Gasteiger partial charge < -0.3 is 20.7 Å². The summed E-state index contributed by atoms with van der Waals surface area (Å²) in [7, 11) is 1.60. The van der Waals surface area contributed by atoms with Crippen LogP contribution in [0.5, 0.6) is 0 Å². The van der Waals surface area contributed by atoms with Gasteiger partial charge in [-0.25, -0.2) is 4.99 Å². The third-order valence-corrected chi connectivity index (χ3v) is 2.75. The normalized spacial score (nSPS) is 10.6. The first-order valence-corrected chi connectivity index (χ1v) is 7.44. The number of hydrogen-bond donors (Lipinski definition) is 3. The molecule has 0 saturated carbocycles. The van der Waals surface area contributed by atoms with Gasteiger partial charge in [0, 0.05) is 45.1 Å². The minimum atomic E-state index is -0.126. The summed E-state index contributed by atoms with van der Waals surface area (Å²) in [5.41, 5.74) is 1.02. The van der Waals surface area contributed by atoms with Crippen molar-refractivity contribution in [2.24, 2.45) is 4.99 Å². The number of nitrogens with zero attached hydrogens (tertiary/aromatic N) is 2. The summed E-state index contributed by atoms with van der Waals surface area (Å²) in [4.78, 5) is 20.1. The SMILES string of the molecule is CCNC(=NCC(=O)NCCOC)NCCc1ccccn1.I. The van der Waals surface area contributed by atoms with Gasteiger partial charge in [0.15, 0.2) is 5.96 Å². The third kappa shape index (κ3) is 10.9. The molecule has 0 aliphatic carbocycles. The van der Waals surface area contributed by atoms with E-state index in [9.17, 15) is 4.79 Å². The van der Waals surface area contributed by atoms with Gasteiger partial charge in [-0.15, -0.1) is 24.0 Å². The van der Waals surface area contributed by atoms with Crippen molar-refractivity contribution in [3.8, 4) is 0 Å². The minimum absolute atomic E-state index is 0. The fourth-order valence-electron chi connectivity index (χ4n) is 1.70. The van der Waals surface area contributed by atoms with Crippen LogP contribution in [-0.2, 0) is 16.0 Å². The van der Waals surface area contributed by atoms with Crippen molar-refractivity contribution in [2.45, 2.75) is 13.3 Å². The van der Waals surface area contributed by atoms with E-state index in [0.29, 0.717) is 25.7 Å². The van der Waals surface area contributed by atoms with E-state index < -0.39 is 0 Å². The zero-order valence-corrected chi connectivity index (χ0v) is 16.0. The highest BCUT2D eigenvalue weighted by molar-refractivity contribution is 14.0. The van der Waals surface area contributed by atoms with Crippen LogP contribution in [0.2, 0.25) is 0 Å². The molecule has 0 fully saturated rings. The highest BCUT2D eigenvalue weighted by Gasteiger charge is 2.02. The quantitative estimate of drug-likeness (QED) is 0.229. The number of amides is 1. The molecule has 0 atom stereocenters. The van der Waals surface area contributed by atoms with Gasteiger partial charge in [-0.05, 0) is 19.1 Å². The Hall–Kier alpha value is -1.42. The van der Waals surface area contributed by atoms with Crippen LogP contribution < -0.4 is 16.0 Å². The number of ether oxygens (including phenoxy) is 1. The number of carbonyl (C=O) groups is 1. The average molecular weight is 435 g/mol. The number of methoxy groups -OCH3 is 1. The van der Waals surface area contributed by atoms with Crippen LogP contribution in [0.3, 0.4) is 0 Å². The van der Waals surface area contributed by atoms with E-state index in [4.69, 9.17) is 4.74 Å². The van der Waals surface area contributed by atoms with E-state index >= 15 is 0 Å². The lowest BCUT2D eigenvalue weighted by Crippen LogP contribution is -2.39. The molecule has 3 N–H and O–H groups in total. The summed E-state index contributed by atoms with van der Waals surface area (Å²) in [6.07, 6.45) is 2.57. The molecule has 1 heterocycles. The molecule has 0 aromatic carbocycles. The Morgan fingerprint density at radius 1 is 1.26 bits per heavy atom. The number of aliphatic imine (C=N–C) groups is 1. The van der Waals surface area contributed by atoms with E-state index in [0.717, 1.165) is 18.7 Å². The second-order valence-corrected chi connectivity index (χ2v) is 4.54. The Morgan fingerprint density at radius 2 is 2.09 bits per heavy atom. The Kier molecular flexibility index (Phi) is 13.3. The zero-order valence-electron chi connectivity index (χ0n) is 13.7. The van der Waals surface area contributed by atoms with Crippen molar-refractivity contribution >= 4 is 35.8 Å². The van der Waals surface area contributed by atoms with Crippen molar-refractivity contribution in [3.63, 3.8) is 0 Å². The Balaban J connectivity index is 0.00000484. The number of carbonyl (C=O) groups excluding carboxylic acids is 1. The monoisotopic (exact) mass is 435 g/mol. The Morgan fingerprint density at radius 3 is 2.74 bits per heavy atom. The number of guanidine groups is 1. The first-order valence-electron chi connectivity index (χ1n) is 7.44. The summed E-state index contributed by atoms with van der Waals surface area (Å²) in [6, 6.07) is 5.84. The van der Waals surface area contributed by atoms with E-state index in [-0.39, 0.29) is 36.4 Å². The minimum Gasteiger partial charge on any atom is -0.383 e. The van der Waals surface area contributed by atoms with E-state index in [1.165, 1.54) is 0 Å². The summed E-state index contributed by atoms with van der Waals surface area (Å²) >= 11 is 0. The lowest BCUT2D eigenvalue weighted by Gasteiger charge is -2.11. The summed E-state index contributed by atoms with van der Waals surface area (Å²) < 4.78 is 4.87. The standard InChI is InChI=1S/C15H25N5O2.HI/c1-3-16-15(20-12-14(21)18-10-11-22-2)19-9-7-13-6-4-5-8-17-13;/h4-6,8H,3,7,9-12H2,1-2H3,(H,18,21)(H2,16,19,20);1H. The average Bonchev–Trinajstić information content (AvgIpc) is 2.54. The van der Waals surface area contributed by atoms with Gasteiger partial charge in [0.05, 0.1) is 6.61 Å². The smallest absolute Gasteiger partial charge is 0.241 e. The molecular weight excluding hydrogens is 409 g/mol. The molecule has 8 heteroatoms. The number of pyridine rings is 1. The fourth-order valence-corrected chi connectivity index (χ4v) is 1.70. The van der Waals surface area contributed by atoms with Crippen LogP contribution in [0.1, 0.15) is 12.6 Å². The van der Waals surface area contributed by atoms with Gasteiger partial charge in [0.25, 0.3) is 0 Å².